The van der Waals surface area contributed by atoms with Crippen LogP contribution in [0, 0.1) is 0 Å². The van der Waals surface area contributed by atoms with Gasteiger partial charge in [0.05, 0.1) is 12.7 Å². The molecule has 6 heteroatoms. The van der Waals surface area contributed by atoms with Crippen molar-refractivity contribution in [2.24, 2.45) is 0 Å². The average Bonchev–Trinajstić information content (AvgIpc) is 2.38. The lowest BCUT2D eigenvalue weighted by atomic mass is 9.89. The van der Waals surface area contributed by atoms with Crippen molar-refractivity contribution in [3.63, 3.8) is 0 Å². The molecule has 1 aliphatic rings. The lowest BCUT2D eigenvalue weighted by molar-refractivity contribution is -0.175. The Kier molecular flexibility index (Phi) is 4.88. The van der Waals surface area contributed by atoms with Crippen LogP contribution in [0.25, 0.3) is 0 Å². The number of rotatable bonds is 5. The number of ether oxygens (including phenoxy) is 2. The van der Waals surface area contributed by atoms with Crippen LogP contribution in [0.1, 0.15) is 30.1 Å². The largest absolute Gasteiger partial charge is 0.491 e. The highest BCUT2D eigenvalue weighted by Gasteiger charge is 2.27. The number of hydrogen-bond donors (Lipinski definition) is 1. The Morgan fingerprint density at radius 2 is 2.05 bits per heavy atom. The first-order valence-electron chi connectivity index (χ1n) is 6.54. The predicted molar refractivity (Wildman–Crippen MR) is 66.7 cm³/mol. The molecule has 20 heavy (non-hydrogen) atoms. The maximum atomic E-state index is 11.8. The second-order valence-electron chi connectivity index (χ2n) is 4.78. The Morgan fingerprint density at radius 3 is 2.80 bits per heavy atom. The molecule has 0 bridgehead atoms. The Hall–Kier alpha value is -1.27. The van der Waals surface area contributed by atoms with E-state index in [0.29, 0.717) is 5.75 Å². The van der Waals surface area contributed by atoms with Gasteiger partial charge in [-0.1, -0.05) is 6.07 Å². The molecule has 0 radical (unpaired) electrons. The summed E-state index contributed by atoms with van der Waals surface area (Å²) in [5.74, 6) is 0.542. The fourth-order valence-corrected chi connectivity index (χ4v) is 2.25. The van der Waals surface area contributed by atoms with Crippen LogP contribution in [-0.2, 0) is 11.2 Å². The summed E-state index contributed by atoms with van der Waals surface area (Å²) in [6, 6.07) is 5.41. The smallest absolute Gasteiger partial charge is 0.411 e. The van der Waals surface area contributed by atoms with Gasteiger partial charge in [-0.05, 0) is 42.5 Å². The number of aliphatic hydroxyl groups excluding tert-OH is 1. The van der Waals surface area contributed by atoms with Gasteiger partial charge in [-0.2, -0.15) is 13.2 Å². The van der Waals surface area contributed by atoms with E-state index in [1.807, 2.05) is 6.07 Å². The second kappa shape index (κ2) is 6.45. The second-order valence-corrected chi connectivity index (χ2v) is 4.78. The highest BCUT2D eigenvalue weighted by molar-refractivity contribution is 5.38. The Morgan fingerprint density at radius 1 is 1.25 bits per heavy atom. The van der Waals surface area contributed by atoms with Crippen molar-refractivity contribution in [1.82, 2.24) is 0 Å². The molecule has 1 aromatic rings. The van der Waals surface area contributed by atoms with Gasteiger partial charge >= 0.3 is 6.18 Å². The van der Waals surface area contributed by atoms with Gasteiger partial charge in [0.15, 0.2) is 0 Å². The third kappa shape index (κ3) is 4.38. The van der Waals surface area contributed by atoms with Gasteiger partial charge < -0.3 is 14.6 Å². The van der Waals surface area contributed by atoms with Crippen LogP contribution in [0.3, 0.4) is 0 Å². The van der Waals surface area contributed by atoms with Crippen LogP contribution in [-0.4, -0.2) is 31.1 Å². The first-order chi connectivity index (χ1) is 9.46. The van der Waals surface area contributed by atoms with E-state index >= 15 is 0 Å². The molecule has 0 unspecified atom stereocenters. The molecule has 0 saturated carbocycles. The van der Waals surface area contributed by atoms with Gasteiger partial charge in [0.25, 0.3) is 0 Å². The van der Waals surface area contributed by atoms with Crippen molar-refractivity contribution in [2.75, 3.05) is 19.8 Å². The lowest BCUT2D eigenvalue weighted by Crippen LogP contribution is -2.19. The molecule has 0 aromatic heterocycles. The van der Waals surface area contributed by atoms with Crippen LogP contribution in [0.2, 0.25) is 0 Å². The van der Waals surface area contributed by atoms with E-state index in [4.69, 9.17) is 4.74 Å². The standard InChI is InChI=1S/C14H17F3O3/c15-14(16,17)9-19-6-7-20-11-5-4-10-2-1-3-13(18)12(10)8-11/h4-5,8,13,18H,1-3,6-7,9H2/t13-/m1/s1. The summed E-state index contributed by atoms with van der Waals surface area (Å²) in [5, 5.41) is 9.88. The van der Waals surface area contributed by atoms with Crippen molar-refractivity contribution in [3.8, 4) is 5.75 Å². The highest BCUT2D eigenvalue weighted by Crippen LogP contribution is 2.32. The predicted octanol–water partition coefficient (Wildman–Crippen LogP) is 3.01. The van der Waals surface area contributed by atoms with Crippen LogP contribution >= 0.6 is 0 Å². The fraction of sp³-hybridized carbons (Fsp3) is 0.571. The number of aryl methyl sites for hydroxylation is 1. The molecule has 0 fully saturated rings. The Labute approximate surface area is 115 Å². The normalized spacial score (nSPS) is 18.7. The molecule has 0 heterocycles. The molecule has 2 rings (SSSR count). The highest BCUT2D eigenvalue weighted by atomic mass is 19.4. The summed E-state index contributed by atoms with van der Waals surface area (Å²) in [6.45, 7) is -1.34. The van der Waals surface area contributed by atoms with E-state index in [0.717, 1.165) is 30.4 Å². The molecule has 0 aliphatic heterocycles. The number of alkyl halides is 3. The van der Waals surface area contributed by atoms with Gasteiger partial charge in [0.2, 0.25) is 0 Å². The van der Waals surface area contributed by atoms with Crippen LogP contribution < -0.4 is 4.74 Å². The average molecular weight is 290 g/mol. The maximum Gasteiger partial charge on any atom is 0.411 e. The zero-order valence-corrected chi connectivity index (χ0v) is 10.9. The SMILES string of the molecule is O[C@@H]1CCCc2ccc(OCCOCC(F)(F)F)cc21. The maximum absolute atomic E-state index is 11.8. The summed E-state index contributed by atoms with van der Waals surface area (Å²) in [7, 11) is 0. The third-order valence-electron chi connectivity index (χ3n) is 3.16. The van der Waals surface area contributed by atoms with Crippen LogP contribution in [0.15, 0.2) is 18.2 Å². The molecule has 1 aliphatic carbocycles. The van der Waals surface area contributed by atoms with Crippen molar-refractivity contribution in [1.29, 1.82) is 0 Å². The van der Waals surface area contributed by atoms with E-state index in [-0.39, 0.29) is 13.2 Å². The minimum Gasteiger partial charge on any atom is -0.491 e. The molecular formula is C14H17F3O3. The van der Waals surface area contributed by atoms with Crippen molar-refractivity contribution in [3.05, 3.63) is 29.3 Å². The van der Waals surface area contributed by atoms with Gasteiger partial charge in [-0.25, -0.2) is 0 Å². The quantitative estimate of drug-likeness (QED) is 0.847. The van der Waals surface area contributed by atoms with E-state index in [1.54, 1.807) is 12.1 Å². The minimum atomic E-state index is -4.31. The molecule has 0 amide bonds. The molecule has 3 nitrogen and oxygen atoms in total. The zero-order chi connectivity index (χ0) is 14.6. The summed E-state index contributed by atoms with van der Waals surface area (Å²) in [4.78, 5) is 0. The summed E-state index contributed by atoms with van der Waals surface area (Å²) in [6.07, 6.45) is -2.17. The van der Waals surface area contributed by atoms with Gasteiger partial charge in [-0.3, -0.25) is 0 Å². The fourth-order valence-electron chi connectivity index (χ4n) is 2.25. The van der Waals surface area contributed by atoms with E-state index in [9.17, 15) is 18.3 Å². The Balaban J connectivity index is 1.81. The number of halogens is 3. The Bertz CT molecular complexity index is 446. The van der Waals surface area contributed by atoms with Crippen LogP contribution in [0.4, 0.5) is 13.2 Å². The molecule has 1 atom stereocenters. The number of aliphatic hydroxyl groups is 1. The lowest BCUT2D eigenvalue weighted by Gasteiger charge is -2.22. The number of hydrogen-bond acceptors (Lipinski definition) is 3. The van der Waals surface area contributed by atoms with Crippen molar-refractivity contribution in [2.45, 2.75) is 31.5 Å². The van der Waals surface area contributed by atoms with E-state index in [1.165, 1.54) is 0 Å². The molecule has 1 N–H and O–H groups in total. The molecule has 0 spiro atoms. The van der Waals surface area contributed by atoms with Crippen LogP contribution in [0.5, 0.6) is 5.75 Å². The topological polar surface area (TPSA) is 38.7 Å². The molecule has 1 aromatic carbocycles. The molecule has 0 saturated heterocycles. The number of fused-ring (bicyclic) bond motifs is 1. The molecule has 112 valence electrons. The minimum absolute atomic E-state index is 0.0466. The first kappa shape index (κ1) is 15.1. The van der Waals surface area contributed by atoms with Gasteiger partial charge in [-0.15, -0.1) is 0 Å². The summed E-state index contributed by atoms with van der Waals surface area (Å²) >= 11 is 0. The van der Waals surface area contributed by atoms with Gasteiger partial charge in [0, 0.05) is 0 Å². The van der Waals surface area contributed by atoms with Gasteiger partial charge in [0.1, 0.15) is 19.0 Å². The monoisotopic (exact) mass is 290 g/mol. The summed E-state index contributed by atoms with van der Waals surface area (Å²) in [5.41, 5.74) is 1.95. The molecular weight excluding hydrogens is 273 g/mol. The van der Waals surface area contributed by atoms with Crippen molar-refractivity contribution >= 4 is 0 Å². The zero-order valence-electron chi connectivity index (χ0n) is 10.9. The van der Waals surface area contributed by atoms with E-state index < -0.39 is 18.9 Å². The summed E-state index contributed by atoms with van der Waals surface area (Å²) < 4.78 is 45.3. The third-order valence-corrected chi connectivity index (χ3v) is 3.16. The first-order valence-corrected chi connectivity index (χ1v) is 6.54. The van der Waals surface area contributed by atoms with E-state index in [2.05, 4.69) is 4.74 Å². The number of benzene rings is 1. The van der Waals surface area contributed by atoms with Crippen molar-refractivity contribution < 1.29 is 27.8 Å².